The molecule has 0 aromatic heterocycles. The zero-order chi connectivity index (χ0) is 15.9. The molecule has 0 aliphatic heterocycles. The van der Waals surface area contributed by atoms with E-state index in [0.29, 0.717) is 23.1 Å². The Morgan fingerprint density at radius 1 is 1.14 bits per heavy atom. The number of likely N-dealkylation sites (N-methyl/N-ethyl adjacent to an activating group) is 1. The normalized spacial score (nSPS) is 10.1. The molecule has 0 unspecified atom stereocenters. The first-order valence-corrected chi connectivity index (χ1v) is 7.22. The Morgan fingerprint density at radius 3 is 2.55 bits per heavy atom. The number of halogens is 1. The van der Waals surface area contributed by atoms with E-state index < -0.39 is 0 Å². The number of benzene rings is 2. The maximum absolute atomic E-state index is 12.1. The Morgan fingerprint density at radius 2 is 1.86 bits per heavy atom. The van der Waals surface area contributed by atoms with Crippen LogP contribution in [0.25, 0.3) is 0 Å². The average molecular weight is 320 g/mol. The van der Waals surface area contributed by atoms with Crippen LogP contribution in [0.1, 0.15) is 5.56 Å². The fourth-order valence-corrected chi connectivity index (χ4v) is 2.20. The molecule has 0 heterocycles. The van der Waals surface area contributed by atoms with E-state index in [2.05, 4.69) is 0 Å². The van der Waals surface area contributed by atoms with Crippen LogP contribution in [-0.2, 0) is 11.3 Å². The summed E-state index contributed by atoms with van der Waals surface area (Å²) >= 11 is 5.94. The highest BCUT2D eigenvalue weighted by Gasteiger charge is 2.12. The number of carbonyl (C=O) groups excluding carboxylic acids is 1. The minimum Gasteiger partial charge on any atom is -0.493 e. The zero-order valence-corrected chi connectivity index (χ0v) is 13.3. The van der Waals surface area contributed by atoms with Crippen LogP contribution in [0, 0.1) is 0 Å². The van der Waals surface area contributed by atoms with E-state index in [1.807, 2.05) is 30.3 Å². The topological polar surface area (TPSA) is 38.8 Å². The van der Waals surface area contributed by atoms with Gasteiger partial charge in [-0.25, -0.2) is 0 Å². The standard InChI is InChI=1S/C17H18ClNO3/c1-19(11-13-6-5-7-14(18)10-13)17(20)12-22-16-9-4-3-8-15(16)21-2/h3-10H,11-12H2,1-2H3. The highest BCUT2D eigenvalue weighted by molar-refractivity contribution is 6.30. The van der Waals surface area contributed by atoms with E-state index in [4.69, 9.17) is 21.1 Å². The lowest BCUT2D eigenvalue weighted by Gasteiger charge is -2.18. The van der Waals surface area contributed by atoms with E-state index >= 15 is 0 Å². The van der Waals surface area contributed by atoms with Crippen LogP contribution in [-0.4, -0.2) is 31.6 Å². The number of amides is 1. The van der Waals surface area contributed by atoms with E-state index in [9.17, 15) is 4.79 Å². The highest BCUT2D eigenvalue weighted by Crippen LogP contribution is 2.25. The summed E-state index contributed by atoms with van der Waals surface area (Å²) in [6, 6.07) is 14.7. The second kappa shape index (κ2) is 7.71. The summed E-state index contributed by atoms with van der Waals surface area (Å²) in [5.41, 5.74) is 0.973. The quantitative estimate of drug-likeness (QED) is 0.819. The second-order valence-electron chi connectivity index (χ2n) is 4.82. The first-order valence-electron chi connectivity index (χ1n) is 6.84. The molecular weight excluding hydrogens is 302 g/mol. The van der Waals surface area contributed by atoms with Gasteiger partial charge in [0, 0.05) is 18.6 Å². The number of rotatable bonds is 6. The lowest BCUT2D eigenvalue weighted by molar-refractivity contribution is -0.132. The number of nitrogens with zero attached hydrogens (tertiary/aromatic N) is 1. The summed E-state index contributed by atoms with van der Waals surface area (Å²) in [5.74, 6) is 1.04. The molecule has 5 heteroatoms. The summed E-state index contributed by atoms with van der Waals surface area (Å²) in [7, 11) is 3.30. The molecule has 1 amide bonds. The van der Waals surface area contributed by atoms with Gasteiger partial charge in [-0.2, -0.15) is 0 Å². The van der Waals surface area contributed by atoms with Crippen molar-refractivity contribution in [3.8, 4) is 11.5 Å². The van der Waals surface area contributed by atoms with Crippen LogP contribution < -0.4 is 9.47 Å². The smallest absolute Gasteiger partial charge is 0.260 e. The van der Waals surface area contributed by atoms with Gasteiger partial charge in [0.2, 0.25) is 0 Å². The third kappa shape index (κ3) is 4.40. The molecule has 2 aromatic carbocycles. The van der Waals surface area contributed by atoms with Crippen LogP contribution >= 0.6 is 11.6 Å². The van der Waals surface area contributed by atoms with Gasteiger partial charge in [0.15, 0.2) is 18.1 Å². The fourth-order valence-electron chi connectivity index (χ4n) is 1.99. The Labute approximate surface area is 135 Å². The maximum atomic E-state index is 12.1. The number of hydrogen-bond donors (Lipinski definition) is 0. The number of methoxy groups -OCH3 is 1. The van der Waals surface area contributed by atoms with Gasteiger partial charge in [-0.1, -0.05) is 35.9 Å². The van der Waals surface area contributed by atoms with Crippen LogP contribution in [0.4, 0.5) is 0 Å². The zero-order valence-electron chi connectivity index (χ0n) is 12.6. The molecule has 22 heavy (non-hydrogen) atoms. The van der Waals surface area contributed by atoms with E-state index in [-0.39, 0.29) is 12.5 Å². The number of hydrogen-bond acceptors (Lipinski definition) is 3. The summed E-state index contributed by atoms with van der Waals surface area (Å²) in [4.78, 5) is 13.7. The third-order valence-corrected chi connectivity index (χ3v) is 3.39. The molecule has 0 bridgehead atoms. The van der Waals surface area contributed by atoms with Crippen molar-refractivity contribution in [1.82, 2.24) is 4.90 Å². The fraction of sp³-hybridized carbons (Fsp3) is 0.235. The van der Waals surface area contributed by atoms with Crippen molar-refractivity contribution in [2.24, 2.45) is 0 Å². The molecule has 0 aliphatic rings. The second-order valence-corrected chi connectivity index (χ2v) is 5.26. The first-order chi connectivity index (χ1) is 10.6. The lowest BCUT2D eigenvalue weighted by Crippen LogP contribution is -2.31. The van der Waals surface area contributed by atoms with E-state index in [1.54, 1.807) is 37.3 Å². The molecule has 0 saturated carbocycles. The van der Waals surface area contributed by atoms with Gasteiger partial charge in [0.05, 0.1) is 7.11 Å². The van der Waals surface area contributed by atoms with Gasteiger partial charge < -0.3 is 14.4 Å². The number of carbonyl (C=O) groups is 1. The van der Waals surface area contributed by atoms with Crippen molar-refractivity contribution >= 4 is 17.5 Å². The van der Waals surface area contributed by atoms with Crippen molar-refractivity contribution < 1.29 is 14.3 Å². The summed E-state index contributed by atoms with van der Waals surface area (Å²) < 4.78 is 10.7. The molecule has 0 aliphatic carbocycles. The van der Waals surface area contributed by atoms with Gasteiger partial charge in [-0.3, -0.25) is 4.79 Å². The van der Waals surface area contributed by atoms with Crippen molar-refractivity contribution in [1.29, 1.82) is 0 Å². The molecule has 0 radical (unpaired) electrons. The average Bonchev–Trinajstić information content (AvgIpc) is 2.52. The summed E-state index contributed by atoms with van der Waals surface area (Å²) in [5, 5.41) is 0.656. The minimum atomic E-state index is -0.120. The maximum Gasteiger partial charge on any atom is 0.260 e. The van der Waals surface area contributed by atoms with Gasteiger partial charge in [0.25, 0.3) is 5.91 Å². The molecule has 0 spiro atoms. The largest absolute Gasteiger partial charge is 0.493 e. The first kappa shape index (κ1) is 16.2. The van der Waals surface area contributed by atoms with Crippen LogP contribution in [0.5, 0.6) is 11.5 Å². The Kier molecular flexibility index (Phi) is 5.67. The predicted molar refractivity (Wildman–Crippen MR) is 86.4 cm³/mol. The Balaban J connectivity index is 1.91. The summed E-state index contributed by atoms with van der Waals surface area (Å²) in [6.45, 7) is 0.437. The third-order valence-electron chi connectivity index (χ3n) is 3.15. The van der Waals surface area contributed by atoms with Crippen LogP contribution in [0.3, 0.4) is 0 Å². The highest BCUT2D eigenvalue weighted by atomic mass is 35.5. The van der Waals surface area contributed by atoms with Crippen LogP contribution in [0.2, 0.25) is 5.02 Å². The van der Waals surface area contributed by atoms with Crippen molar-refractivity contribution in [3.63, 3.8) is 0 Å². The van der Waals surface area contributed by atoms with Crippen molar-refractivity contribution in [3.05, 3.63) is 59.1 Å². The van der Waals surface area contributed by atoms with Gasteiger partial charge >= 0.3 is 0 Å². The van der Waals surface area contributed by atoms with Crippen molar-refractivity contribution in [2.75, 3.05) is 20.8 Å². The van der Waals surface area contributed by atoms with Gasteiger partial charge in [-0.05, 0) is 29.8 Å². The molecule has 116 valence electrons. The van der Waals surface area contributed by atoms with E-state index in [0.717, 1.165) is 5.56 Å². The molecule has 2 rings (SSSR count). The lowest BCUT2D eigenvalue weighted by atomic mass is 10.2. The predicted octanol–water partition coefficient (Wildman–Crippen LogP) is 3.39. The SMILES string of the molecule is COc1ccccc1OCC(=O)N(C)Cc1cccc(Cl)c1. The van der Waals surface area contributed by atoms with Gasteiger partial charge in [0.1, 0.15) is 0 Å². The summed E-state index contributed by atoms with van der Waals surface area (Å²) in [6.07, 6.45) is 0. The van der Waals surface area contributed by atoms with Gasteiger partial charge in [-0.15, -0.1) is 0 Å². The Bertz CT molecular complexity index is 645. The molecule has 0 saturated heterocycles. The molecule has 0 atom stereocenters. The van der Waals surface area contributed by atoms with E-state index in [1.165, 1.54) is 0 Å². The Hall–Kier alpha value is -2.20. The van der Waals surface area contributed by atoms with Crippen LogP contribution in [0.15, 0.2) is 48.5 Å². The molecule has 0 fully saturated rings. The molecule has 0 N–H and O–H groups in total. The molecule has 2 aromatic rings. The minimum absolute atomic E-state index is 0.0442. The molecule has 4 nitrogen and oxygen atoms in total. The molecular formula is C17H18ClNO3. The van der Waals surface area contributed by atoms with Crippen molar-refractivity contribution in [2.45, 2.75) is 6.54 Å². The number of ether oxygens (including phenoxy) is 2. The number of para-hydroxylation sites is 2. The monoisotopic (exact) mass is 319 g/mol.